The SMILES string of the molecule is C=CC(=O)Nc1cccc(Oc2nc(Nc3ccc(N[C@H]4CCN(CCOC)C4)cc3)ncc2OC)c1. The lowest BCUT2D eigenvalue weighted by Crippen LogP contribution is -2.28. The first kappa shape index (κ1) is 25.9. The fraction of sp³-hybridized carbons (Fsp3) is 0.296. The summed E-state index contributed by atoms with van der Waals surface area (Å²) < 4.78 is 16.5. The van der Waals surface area contributed by atoms with Gasteiger partial charge in [0.25, 0.3) is 5.88 Å². The quantitative estimate of drug-likeness (QED) is 0.311. The van der Waals surface area contributed by atoms with Gasteiger partial charge in [-0.2, -0.15) is 4.98 Å². The largest absolute Gasteiger partial charge is 0.490 e. The second-order valence-electron chi connectivity index (χ2n) is 8.52. The van der Waals surface area contributed by atoms with E-state index in [0.29, 0.717) is 29.2 Å². The van der Waals surface area contributed by atoms with E-state index in [-0.39, 0.29) is 11.8 Å². The Morgan fingerprint density at radius 3 is 2.73 bits per heavy atom. The fourth-order valence-corrected chi connectivity index (χ4v) is 3.96. The van der Waals surface area contributed by atoms with Gasteiger partial charge in [-0.15, -0.1) is 0 Å². The van der Waals surface area contributed by atoms with Crippen molar-refractivity contribution >= 4 is 28.9 Å². The first-order valence-electron chi connectivity index (χ1n) is 12.0. The van der Waals surface area contributed by atoms with Crippen LogP contribution in [0.5, 0.6) is 17.4 Å². The highest BCUT2D eigenvalue weighted by atomic mass is 16.5. The first-order chi connectivity index (χ1) is 18.1. The van der Waals surface area contributed by atoms with Crippen LogP contribution in [0.4, 0.5) is 23.0 Å². The molecule has 0 unspecified atom stereocenters. The van der Waals surface area contributed by atoms with Gasteiger partial charge in [0.2, 0.25) is 11.9 Å². The first-order valence-corrected chi connectivity index (χ1v) is 12.0. The van der Waals surface area contributed by atoms with Crippen LogP contribution in [0.2, 0.25) is 0 Å². The van der Waals surface area contributed by atoms with E-state index in [9.17, 15) is 4.79 Å². The van der Waals surface area contributed by atoms with Gasteiger partial charge in [-0.05, 0) is 48.9 Å². The highest BCUT2D eigenvalue weighted by Crippen LogP contribution is 2.31. The molecule has 3 N–H and O–H groups in total. The summed E-state index contributed by atoms with van der Waals surface area (Å²) in [7, 11) is 3.25. The third-order valence-corrected chi connectivity index (χ3v) is 5.84. The van der Waals surface area contributed by atoms with Crippen LogP contribution < -0.4 is 25.4 Å². The maximum absolute atomic E-state index is 11.6. The summed E-state index contributed by atoms with van der Waals surface area (Å²) in [6, 6.07) is 15.4. The minimum Gasteiger partial charge on any atom is -0.490 e. The van der Waals surface area contributed by atoms with Gasteiger partial charge in [-0.25, -0.2) is 4.98 Å². The number of benzene rings is 2. The molecule has 2 heterocycles. The lowest BCUT2D eigenvalue weighted by Gasteiger charge is -2.17. The number of carbonyl (C=O) groups is 1. The van der Waals surface area contributed by atoms with E-state index in [0.717, 1.165) is 44.0 Å². The summed E-state index contributed by atoms with van der Waals surface area (Å²) in [5.74, 6) is 1.15. The van der Waals surface area contributed by atoms with Crippen molar-refractivity contribution in [2.45, 2.75) is 12.5 Å². The molecule has 10 heteroatoms. The van der Waals surface area contributed by atoms with Gasteiger partial charge in [-0.1, -0.05) is 12.6 Å². The lowest BCUT2D eigenvalue weighted by molar-refractivity contribution is -0.111. The Morgan fingerprint density at radius 1 is 1.16 bits per heavy atom. The van der Waals surface area contributed by atoms with Gasteiger partial charge in [0.15, 0.2) is 5.75 Å². The number of carbonyl (C=O) groups excluding carboxylic acids is 1. The Labute approximate surface area is 216 Å². The smallest absolute Gasteiger partial charge is 0.267 e. The minimum atomic E-state index is -0.309. The normalized spacial score (nSPS) is 15.1. The molecule has 10 nitrogen and oxygen atoms in total. The second kappa shape index (κ2) is 12.7. The fourth-order valence-electron chi connectivity index (χ4n) is 3.96. The number of anilines is 4. The molecule has 1 atom stereocenters. The van der Waals surface area contributed by atoms with E-state index in [1.54, 1.807) is 37.6 Å². The van der Waals surface area contributed by atoms with Gasteiger partial charge in [0.05, 0.1) is 19.9 Å². The maximum Gasteiger partial charge on any atom is 0.267 e. The average molecular weight is 505 g/mol. The van der Waals surface area contributed by atoms with Gasteiger partial charge in [0.1, 0.15) is 5.75 Å². The molecule has 1 aliphatic heterocycles. The summed E-state index contributed by atoms with van der Waals surface area (Å²) in [5.41, 5.74) is 2.47. The molecule has 0 radical (unpaired) electrons. The molecule has 37 heavy (non-hydrogen) atoms. The van der Waals surface area contributed by atoms with Crippen LogP contribution in [-0.2, 0) is 9.53 Å². The summed E-state index contributed by atoms with van der Waals surface area (Å²) in [5, 5.41) is 9.50. The van der Waals surface area contributed by atoms with Crippen LogP contribution in [0, 0.1) is 0 Å². The molecule has 1 aliphatic rings. The minimum absolute atomic E-state index is 0.241. The molecule has 1 amide bonds. The summed E-state index contributed by atoms with van der Waals surface area (Å²) in [4.78, 5) is 22.8. The van der Waals surface area contributed by atoms with Crippen molar-refractivity contribution in [3.8, 4) is 17.4 Å². The van der Waals surface area contributed by atoms with Gasteiger partial charge in [0, 0.05) is 55.9 Å². The van der Waals surface area contributed by atoms with Crippen LogP contribution >= 0.6 is 0 Å². The number of aromatic nitrogens is 2. The number of rotatable bonds is 12. The van der Waals surface area contributed by atoms with Crippen molar-refractivity contribution in [3.63, 3.8) is 0 Å². The zero-order chi connectivity index (χ0) is 26.0. The van der Waals surface area contributed by atoms with Crippen LogP contribution in [-0.4, -0.2) is 67.3 Å². The molecule has 1 saturated heterocycles. The van der Waals surface area contributed by atoms with Crippen molar-refractivity contribution < 1.29 is 19.0 Å². The zero-order valence-corrected chi connectivity index (χ0v) is 21.1. The molecule has 3 aromatic rings. The number of likely N-dealkylation sites (tertiary alicyclic amines) is 1. The monoisotopic (exact) mass is 504 g/mol. The Kier molecular flexibility index (Phi) is 8.90. The number of ether oxygens (including phenoxy) is 3. The van der Waals surface area contributed by atoms with Gasteiger partial charge >= 0.3 is 0 Å². The molecule has 1 fully saturated rings. The Hall–Kier alpha value is -4.15. The Balaban J connectivity index is 1.38. The zero-order valence-electron chi connectivity index (χ0n) is 21.1. The van der Waals surface area contributed by atoms with E-state index in [1.165, 1.54) is 13.2 Å². The van der Waals surface area contributed by atoms with E-state index >= 15 is 0 Å². The lowest BCUT2D eigenvalue weighted by atomic mass is 10.2. The summed E-state index contributed by atoms with van der Waals surface area (Å²) in [6.07, 6.45) is 3.85. The van der Waals surface area contributed by atoms with Crippen LogP contribution in [0.3, 0.4) is 0 Å². The topological polar surface area (TPSA) is 110 Å². The molecule has 0 spiro atoms. The maximum atomic E-state index is 11.6. The van der Waals surface area contributed by atoms with Crippen LogP contribution in [0.1, 0.15) is 6.42 Å². The number of amides is 1. The number of hydrogen-bond donors (Lipinski definition) is 3. The Morgan fingerprint density at radius 2 is 1.97 bits per heavy atom. The van der Waals surface area contributed by atoms with E-state index in [4.69, 9.17) is 14.2 Å². The molecular formula is C27H32N6O4. The number of nitrogens with zero attached hydrogens (tertiary/aromatic N) is 3. The highest BCUT2D eigenvalue weighted by molar-refractivity contribution is 5.98. The highest BCUT2D eigenvalue weighted by Gasteiger charge is 2.21. The van der Waals surface area contributed by atoms with Gasteiger partial charge < -0.3 is 30.2 Å². The second-order valence-corrected chi connectivity index (χ2v) is 8.52. The van der Waals surface area contributed by atoms with E-state index in [2.05, 4.69) is 37.4 Å². The summed E-state index contributed by atoms with van der Waals surface area (Å²) >= 11 is 0. The predicted molar refractivity (Wildman–Crippen MR) is 144 cm³/mol. The van der Waals surface area contributed by atoms with Crippen molar-refractivity contribution in [2.24, 2.45) is 0 Å². The third-order valence-electron chi connectivity index (χ3n) is 5.84. The molecule has 0 bridgehead atoms. The van der Waals surface area contributed by atoms with Crippen molar-refractivity contribution in [2.75, 3.05) is 56.4 Å². The standard InChI is InChI=1S/C27H32N6O4/c1-4-25(34)30-21-6-5-7-23(16-21)37-26-24(36-3)17-28-27(32-26)31-20-10-8-19(9-11-20)29-22-12-13-33(18-22)14-15-35-2/h4-11,16-17,22,29H,1,12-15,18H2,2-3H3,(H,30,34)(H,28,31,32)/t22-/m0/s1. The van der Waals surface area contributed by atoms with Crippen molar-refractivity contribution in [3.05, 3.63) is 67.4 Å². The van der Waals surface area contributed by atoms with Crippen LogP contribution in [0.15, 0.2) is 67.4 Å². The summed E-state index contributed by atoms with van der Waals surface area (Å²) in [6.45, 7) is 7.26. The predicted octanol–water partition coefficient (Wildman–Crippen LogP) is 4.28. The molecule has 0 saturated carbocycles. The molecular weight excluding hydrogens is 472 g/mol. The van der Waals surface area contributed by atoms with Crippen molar-refractivity contribution in [1.82, 2.24) is 14.9 Å². The molecule has 0 aliphatic carbocycles. The van der Waals surface area contributed by atoms with Crippen LogP contribution in [0.25, 0.3) is 0 Å². The van der Waals surface area contributed by atoms with Crippen molar-refractivity contribution in [1.29, 1.82) is 0 Å². The number of nitrogens with one attached hydrogen (secondary N) is 3. The molecule has 4 rings (SSSR count). The molecule has 1 aromatic heterocycles. The van der Waals surface area contributed by atoms with Gasteiger partial charge in [-0.3, -0.25) is 9.69 Å². The van der Waals surface area contributed by atoms with E-state index < -0.39 is 0 Å². The third kappa shape index (κ3) is 7.42. The Bertz CT molecular complexity index is 1200. The number of hydrogen-bond acceptors (Lipinski definition) is 9. The molecule has 194 valence electrons. The number of methoxy groups -OCH3 is 2. The molecule has 2 aromatic carbocycles. The van der Waals surface area contributed by atoms with E-state index in [1.807, 2.05) is 24.3 Å². The average Bonchev–Trinajstić information content (AvgIpc) is 3.36.